The number of hydrogen-bond acceptors (Lipinski definition) is 4. The number of nitrogens with one attached hydrogen (secondary N) is 1. The number of benzene rings is 1. The van der Waals surface area contributed by atoms with Gasteiger partial charge in [0.05, 0.1) is 0 Å². The van der Waals surface area contributed by atoms with Crippen molar-refractivity contribution in [3.63, 3.8) is 0 Å². The van der Waals surface area contributed by atoms with E-state index in [4.69, 9.17) is 5.73 Å². The van der Waals surface area contributed by atoms with Gasteiger partial charge in [0.15, 0.2) is 0 Å². The number of amides is 2. The average Bonchev–Trinajstić information content (AvgIpc) is 3.29. The molecule has 2 aliphatic rings. The molecule has 6 nitrogen and oxygen atoms in total. The summed E-state index contributed by atoms with van der Waals surface area (Å²) in [7, 11) is 1.43. The van der Waals surface area contributed by atoms with Crippen LogP contribution < -0.4 is 11.1 Å². The van der Waals surface area contributed by atoms with Crippen molar-refractivity contribution < 1.29 is 23.2 Å². The first kappa shape index (κ1) is 18.4. The van der Waals surface area contributed by atoms with E-state index in [0.29, 0.717) is 24.7 Å². The van der Waals surface area contributed by atoms with Crippen molar-refractivity contribution in [1.29, 1.82) is 0 Å². The predicted molar refractivity (Wildman–Crippen MR) is 89.5 cm³/mol. The molecular formula is C18H21F2N3O3. The Morgan fingerprint density at radius 1 is 1.42 bits per heavy atom. The molecule has 1 unspecified atom stereocenters. The lowest BCUT2D eigenvalue weighted by Crippen LogP contribution is -2.46. The van der Waals surface area contributed by atoms with Crippen LogP contribution in [0.15, 0.2) is 12.1 Å². The molecule has 1 atom stereocenters. The molecule has 0 bridgehead atoms. The summed E-state index contributed by atoms with van der Waals surface area (Å²) in [4.78, 5) is 37.0. The highest BCUT2D eigenvalue weighted by atomic mass is 19.3. The smallest absolute Gasteiger partial charge is 0.264 e. The van der Waals surface area contributed by atoms with Gasteiger partial charge in [0, 0.05) is 36.7 Å². The highest BCUT2D eigenvalue weighted by molar-refractivity contribution is 6.01. The molecule has 3 N–H and O–H groups in total. The van der Waals surface area contributed by atoms with E-state index in [1.807, 2.05) is 0 Å². The van der Waals surface area contributed by atoms with E-state index < -0.39 is 29.8 Å². The SMILES string of the molecule is CNC(=O)C(CCC=O)N1Cc2c(cc(C3(N)CC3)cc2C(F)F)C1=O. The molecule has 0 saturated heterocycles. The van der Waals surface area contributed by atoms with Crippen LogP contribution in [-0.4, -0.2) is 36.1 Å². The summed E-state index contributed by atoms with van der Waals surface area (Å²) in [5, 5.41) is 2.46. The maximum absolute atomic E-state index is 13.6. The number of nitrogens with zero attached hydrogens (tertiary/aromatic N) is 1. The van der Waals surface area contributed by atoms with Gasteiger partial charge in [-0.05, 0) is 42.5 Å². The van der Waals surface area contributed by atoms with E-state index in [1.165, 1.54) is 18.0 Å². The fourth-order valence-corrected chi connectivity index (χ4v) is 3.44. The third kappa shape index (κ3) is 3.09. The molecule has 1 aromatic carbocycles. The van der Waals surface area contributed by atoms with Crippen LogP contribution in [0.4, 0.5) is 8.78 Å². The Morgan fingerprint density at radius 2 is 2.12 bits per heavy atom. The number of halogens is 2. The quantitative estimate of drug-likeness (QED) is 0.718. The molecule has 3 rings (SSSR count). The second-order valence-corrected chi connectivity index (χ2v) is 6.86. The lowest BCUT2D eigenvalue weighted by atomic mass is 9.95. The van der Waals surface area contributed by atoms with E-state index in [9.17, 15) is 23.2 Å². The van der Waals surface area contributed by atoms with E-state index in [2.05, 4.69) is 5.32 Å². The number of carbonyl (C=O) groups excluding carboxylic acids is 3. The van der Waals surface area contributed by atoms with Gasteiger partial charge in [-0.3, -0.25) is 9.59 Å². The van der Waals surface area contributed by atoms with Gasteiger partial charge in [0.2, 0.25) is 5.91 Å². The van der Waals surface area contributed by atoms with Gasteiger partial charge < -0.3 is 20.7 Å². The Morgan fingerprint density at radius 3 is 2.65 bits per heavy atom. The van der Waals surface area contributed by atoms with E-state index in [0.717, 1.165) is 0 Å². The average molecular weight is 365 g/mol. The molecule has 0 radical (unpaired) electrons. The molecule has 1 saturated carbocycles. The minimum absolute atomic E-state index is 0.0807. The van der Waals surface area contributed by atoms with Crippen LogP contribution in [0.1, 0.15) is 59.2 Å². The summed E-state index contributed by atoms with van der Waals surface area (Å²) in [5.41, 5.74) is 6.22. The summed E-state index contributed by atoms with van der Waals surface area (Å²) in [6.07, 6.45) is -0.471. The Bertz CT molecular complexity index is 762. The number of alkyl halides is 2. The summed E-state index contributed by atoms with van der Waals surface area (Å²) >= 11 is 0. The Balaban J connectivity index is 2.00. The van der Waals surface area contributed by atoms with Gasteiger partial charge in [-0.15, -0.1) is 0 Å². The molecule has 1 aliphatic carbocycles. The molecular weight excluding hydrogens is 344 g/mol. The summed E-state index contributed by atoms with van der Waals surface area (Å²) < 4.78 is 27.2. The van der Waals surface area contributed by atoms with Crippen LogP contribution in [-0.2, 0) is 21.7 Å². The van der Waals surface area contributed by atoms with E-state index in [-0.39, 0.29) is 36.1 Å². The summed E-state index contributed by atoms with van der Waals surface area (Å²) in [5.74, 6) is -0.906. The van der Waals surface area contributed by atoms with Crippen molar-refractivity contribution >= 4 is 18.1 Å². The van der Waals surface area contributed by atoms with Crippen molar-refractivity contribution in [2.75, 3.05) is 7.05 Å². The standard InChI is InChI=1S/C18H21F2N3O3/c1-22-16(25)14(3-2-6-24)23-9-13-11(15(19)20)7-10(18(21)4-5-18)8-12(13)17(23)26/h6-8,14-15H,2-5,9,21H2,1H3,(H,22,25). The number of carbonyl (C=O) groups is 3. The maximum atomic E-state index is 13.6. The molecule has 8 heteroatoms. The van der Waals surface area contributed by atoms with Crippen LogP contribution in [0.3, 0.4) is 0 Å². The molecule has 2 amide bonds. The van der Waals surface area contributed by atoms with Gasteiger partial charge in [-0.1, -0.05) is 0 Å². The highest BCUT2D eigenvalue weighted by Gasteiger charge is 2.44. The lowest BCUT2D eigenvalue weighted by molar-refractivity contribution is -0.125. The summed E-state index contributed by atoms with van der Waals surface area (Å²) in [6.45, 7) is -0.0807. The van der Waals surface area contributed by atoms with Gasteiger partial charge in [-0.2, -0.15) is 0 Å². The minimum Gasteiger partial charge on any atom is -0.357 e. The first-order valence-corrected chi connectivity index (χ1v) is 8.53. The third-order valence-electron chi connectivity index (χ3n) is 5.19. The fourth-order valence-electron chi connectivity index (χ4n) is 3.44. The number of fused-ring (bicyclic) bond motifs is 1. The minimum atomic E-state index is -2.74. The first-order valence-electron chi connectivity index (χ1n) is 8.53. The van der Waals surface area contributed by atoms with E-state index >= 15 is 0 Å². The van der Waals surface area contributed by atoms with Crippen LogP contribution in [0.2, 0.25) is 0 Å². The molecule has 1 aromatic rings. The zero-order valence-corrected chi connectivity index (χ0v) is 14.4. The third-order valence-corrected chi connectivity index (χ3v) is 5.19. The monoisotopic (exact) mass is 365 g/mol. The Kier molecular flexibility index (Phi) is 4.79. The molecule has 0 aromatic heterocycles. The van der Waals surface area contributed by atoms with Crippen LogP contribution in [0.5, 0.6) is 0 Å². The fraction of sp³-hybridized carbons (Fsp3) is 0.500. The predicted octanol–water partition coefficient (Wildman–Crippen LogP) is 1.62. The molecule has 140 valence electrons. The largest absolute Gasteiger partial charge is 0.357 e. The van der Waals surface area contributed by atoms with Crippen LogP contribution in [0.25, 0.3) is 0 Å². The zero-order chi connectivity index (χ0) is 19.1. The highest BCUT2D eigenvalue weighted by Crippen LogP contribution is 2.45. The first-order chi connectivity index (χ1) is 12.3. The molecule has 0 spiro atoms. The number of likely N-dealkylation sites (N-methyl/N-ethyl adjacent to an activating group) is 1. The van der Waals surface area contributed by atoms with Crippen molar-refractivity contribution in [3.05, 3.63) is 34.4 Å². The second-order valence-electron chi connectivity index (χ2n) is 6.86. The molecule has 1 aliphatic heterocycles. The van der Waals surface area contributed by atoms with E-state index in [1.54, 1.807) is 6.07 Å². The zero-order valence-electron chi connectivity index (χ0n) is 14.4. The number of aldehydes is 1. The number of rotatable bonds is 7. The molecule has 26 heavy (non-hydrogen) atoms. The second kappa shape index (κ2) is 6.75. The van der Waals surface area contributed by atoms with Crippen molar-refractivity contribution in [2.24, 2.45) is 5.73 Å². The van der Waals surface area contributed by atoms with Crippen molar-refractivity contribution in [1.82, 2.24) is 10.2 Å². The number of nitrogens with two attached hydrogens (primary N) is 1. The Hall–Kier alpha value is -2.35. The summed E-state index contributed by atoms with van der Waals surface area (Å²) in [6, 6.07) is 2.08. The molecule has 1 heterocycles. The van der Waals surface area contributed by atoms with Gasteiger partial charge >= 0.3 is 0 Å². The lowest BCUT2D eigenvalue weighted by Gasteiger charge is -2.25. The van der Waals surface area contributed by atoms with Crippen LogP contribution >= 0.6 is 0 Å². The van der Waals surface area contributed by atoms with Gasteiger partial charge in [0.1, 0.15) is 12.3 Å². The van der Waals surface area contributed by atoms with Crippen LogP contribution in [0, 0.1) is 0 Å². The Labute approximate surface area is 149 Å². The van der Waals surface area contributed by atoms with Gasteiger partial charge in [-0.25, -0.2) is 8.78 Å². The maximum Gasteiger partial charge on any atom is 0.264 e. The van der Waals surface area contributed by atoms with Gasteiger partial charge in [0.25, 0.3) is 12.3 Å². The molecule has 1 fully saturated rings. The topological polar surface area (TPSA) is 92.5 Å². The van der Waals surface area contributed by atoms with Crippen molar-refractivity contribution in [3.8, 4) is 0 Å². The van der Waals surface area contributed by atoms with Crippen molar-refractivity contribution in [2.45, 2.75) is 50.2 Å². The number of hydrogen-bond donors (Lipinski definition) is 2. The normalized spacial score (nSPS) is 18.7.